The maximum atomic E-state index is 13.1. The summed E-state index contributed by atoms with van der Waals surface area (Å²) in [6, 6.07) is 11.9. The molecule has 2 aromatic heterocycles. The van der Waals surface area contributed by atoms with Crippen molar-refractivity contribution in [2.24, 2.45) is 7.05 Å². The molecule has 0 bridgehead atoms. The first-order valence-electron chi connectivity index (χ1n) is 7.81. The number of carbonyl (C=O) groups is 1. The van der Waals surface area contributed by atoms with E-state index in [-0.39, 0.29) is 22.2 Å². The van der Waals surface area contributed by atoms with Crippen molar-refractivity contribution in [2.75, 3.05) is 0 Å². The molecular formula is C18H16ClN3O3S. The van der Waals surface area contributed by atoms with Crippen molar-refractivity contribution in [2.45, 2.75) is 13.1 Å². The van der Waals surface area contributed by atoms with E-state index in [1.807, 2.05) is 47.5 Å². The summed E-state index contributed by atoms with van der Waals surface area (Å²) in [6.45, 7) is 0.828. The Morgan fingerprint density at radius 2 is 2.08 bits per heavy atom. The van der Waals surface area contributed by atoms with Crippen LogP contribution >= 0.6 is 22.9 Å². The molecular weight excluding hydrogens is 374 g/mol. The molecule has 0 aliphatic carbocycles. The van der Waals surface area contributed by atoms with E-state index >= 15 is 0 Å². The Morgan fingerprint density at radius 3 is 2.69 bits per heavy atom. The quantitative estimate of drug-likeness (QED) is 0.460. The van der Waals surface area contributed by atoms with E-state index in [1.54, 1.807) is 16.2 Å². The van der Waals surface area contributed by atoms with Gasteiger partial charge in [0.2, 0.25) is 0 Å². The fraction of sp³-hybridized carbons (Fsp3) is 0.167. The third-order valence-electron chi connectivity index (χ3n) is 4.01. The predicted molar refractivity (Wildman–Crippen MR) is 101 cm³/mol. The van der Waals surface area contributed by atoms with Gasteiger partial charge in [-0.3, -0.25) is 14.9 Å². The first kappa shape index (κ1) is 18.2. The zero-order chi connectivity index (χ0) is 18.7. The summed E-state index contributed by atoms with van der Waals surface area (Å²) < 4.78 is 1.94. The van der Waals surface area contributed by atoms with E-state index < -0.39 is 4.92 Å². The van der Waals surface area contributed by atoms with E-state index in [0.29, 0.717) is 13.1 Å². The highest BCUT2D eigenvalue weighted by molar-refractivity contribution is 7.09. The zero-order valence-electron chi connectivity index (χ0n) is 14.0. The summed E-state index contributed by atoms with van der Waals surface area (Å²) in [5.41, 5.74) is 0.942. The van der Waals surface area contributed by atoms with Crippen LogP contribution in [0.2, 0.25) is 5.02 Å². The van der Waals surface area contributed by atoms with Gasteiger partial charge in [0, 0.05) is 35.4 Å². The van der Waals surface area contributed by atoms with Crippen molar-refractivity contribution >= 4 is 34.5 Å². The van der Waals surface area contributed by atoms with Crippen LogP contribution in [0, 0.1) is 10.1 Å². The van der Waals surface area contributed by atoms with Gasteiger partial charge >= 0.3 is 0 Å². The van der Waals surface area contributed by atoms with Crippen molar-refractivity contribution < 1.29 is 9.72 Å². The fourth-order valence-corrected chi connectivity index (χ4v) is 3.52. The number of nitro groups is 1. The molecule has 0 spiro atoms. The smallest absolute Gasteiger partial charge is 0.288 e. The van der Waals surface area contributed by atoms with Gasteiger partial charge in [-0.2, -0.15) is 0 Å². The number of halogens is 1. The van der Waals surface area contributed by atoms with Crippen molar-refractivity contribution in [1.29, 1.82) is 0 Å². The molecule has 6 nitrogen and oxygen atoms in total. The summed E-state index contributed by atoms with van der Waals surface area (Å²) in [4.78, 5) is 26.3. The number of hydrogen-bond acceptors (Lipinski definition) is 4. The van der Waals surface area contributed by atoms with Crippen LogP contribution in [0.5, 0.6) is 0 Å². The Hall–Kier alpha value is -2.64. The third-order valence-corrected chi connectivity index (χ3v) is 5.19. The van der Waals surface area contributed by atoms with Gasteiger partial charge in [-0.1, -0.05) is 17.7 Å². The molecule has 0 saturated heterocycles. The molecule has 0 unspecified atom stereocenters. The molecule has 0 atom stereocenters. The second-order valence-corrected chi connectivity index (χ2v) is 7.21. The van der Waals surface area contributed by atoms with E-state index in [2.05, 4.69) is 0 Å². The number of thiophene rings is 1. The minimum absolute atomic E-state index is 0.0128. The first-order chi connectivity index (χ1) is 12.5. The van der Waals surface area contributed by atoms with Crippen LogP contribution < -0.4 is 0 Å². The molecule has 0 aliphatic heterocycles. The number of amides is 1. The molecule has 0 fully saturated rings. The largest absolute Gasteiger partial charge is 0.353 e. The lowest BCUT2D eigenvalue weighted by molar-refractivity contribution is -0.384. The lowest BCUT2D eigenvalue weighted by Crippen LogP contribution is -2.30. The molecule has 0 radical (unpaired) electrons. The van der Waals surface area contributed by atoms with Crippen LogP contribution in [0.15, 0.2) is 54.0 Å². The highest BCUT2D eigenvalue weighted by Gasteiger charge is 2.22. The van der Waals surface area contributed by atoms with Crippen LogP contribution in [0.25, 0.3) is 0 Å². The maximum absolute atomic E-state index is 13.1. The number of aromatic nitrogens is 1. The number of nitro benzene ring substituents is 1. The summed E-state index contributed by atoms with van der Waals surface area (Å²) >= 11 is 7.42. The van der Waals surface area contributed by atoms with Crippen LogP contribution in [0.3, 0.4) is 0 Å². The van der Waals surface area contributed by atoms with Gasteiger partial charge in [-0.25, -0.2) is 0 Å². The maximum Gasteiger partial charge on any atom is 0.288 e. The van der Waals surface area contributed by atoms with Gasteiger partial charge in [0.15, 0.2) is 0 Å². The normalized spacial score (nSPS) is 10.7. The standard InChI is InChI=1S/C18H16ClN3O3S/c1-20-8-2-4-14(20)11-21(12-15-5-3-9-26-15)18(23)13-6-7-16(19)17(10-13)22(24)25/h2-10H,11-12H2,1H3. The van der Waals surface area contributed by atoms with E-state index in [9.17, 15) is 14.9 Å². The third kappa shape index (κ3) is 3.95. The van der Waals surface area contributed by atoms with Crippen molar-refractivity contribution in [1.82, 2.24) is 9.47 Å². The molecule has 0 aliphatic rings. The van der Waals surface area contributed by atoms with E-state index in [0.717, 1.165) is 10.6 Å². The Bertz CT molecular complexity index is 937. The Labute approximate surface area is 159 Å². The fourth-order valence-electron chi connectivity index (χ4n) is 2.61. The average Bonchev–Trinajstić information content (AvgIpc) is 3.26. The van der Waals surface area contributed by atoms with Crippen molar-refractivity contribution in [3.05, 3.63) is 85.3 Å². The Kier molecular flexibility index (Phi) is 5.39. The Morgan fingerprint density at radius 1 is 1.27 bits per heavy atom. The van der Waals surface area contributed by atoms with Crippen LogP contribution in [-0.2, 0) is 20.1 Å². The highest BCUT2D eigenvalue weighted by atomic mass is 35.5. The van der Waals surface area contributed by atoms with Crippen molar-refractivity contribution in [3.63, 3.8) is 0 Å². The Balaban J connectivity index is 1.92. The van der Waals surface area contributed by atoms with Gasteiger partial charge < -0.3 is 9.47 Å². The minimum atomic E-state index is -0.583. The molecule has 1 amide bonds. The topological polar surface area (TPSA) is 68.4 Å². The molecule has 3 aromatic rings. The van der Waals surface area contributed by atoms with Crippen LogP contribution in [0.1, 0.15) is 20.9 Å². The minimum Gasteiger partial charge on any atom is -0.353 e. The number of carbonyl (C=O) groups excluding carboxylic acids is 1. The monoisotopic (exact) mass is 389 g/mol. The number of aryl methyl sites for hydroxylation is 1. The molecule has 1 aromatic carbocycles. The van der Waals surface area contributed by atoms with Crippen LogP contribution in [-0.4, -0.2) is 20.3 Å². The zero-order valence-corrected chi connectivity index (χ0v) is 15.5. The summed E-state index contributed by atoms with van der Waals surface area (Å²) in [7, 11) is 1.91. The van der Waals surface area contributed by atoms with E-state index in [1.165, 1.54) is 18.2 Å². The summed E-state index contributed by atoms with van der Waals surface area (Å²) in [5, 5.41) is 13.1. The molecule has 26 heavy (non-hydrogen) atoms. The van der Waals surface area contributed by atoms with Gasteiger partial charge in [0.25, 0.3) is 11.6 Å². The summed E-state index contributed by atoms with van der Waals surface area (Å²) in [6.07, 6.45) is 1.91. The van der Waals surface area contributed by atoms with Gasteiger partial charge in [0.1, 0.15) is 5.02 Å². The SMILES string of the molecule is Cn1cccc1CN(Cc1cccs1)C(=O)c1ccc(Cl)c([N+](=O)[O-])c1. The number of nitrogens with zero attached hydrogens (tertiary/aromatic N) is 3. The molecule has 0 saturated carbocycles. The lowest BCUT2D eigenvalue weighted by atomic mass is 10.1. The van der Waals surface area contributed by atoms with E-state index in [4.69, 9.17) is 11.6 Å². The molecule has 2 heterocycles. The number of benzene rings is 1. The molecule has 8 heteroatoms. The lowest BCUT2D eigenvalue weighted by Gasteiger charge is -2.22. The van der Waals surface area contributed by atoms with Crippen LogP contribution in [0.4, 0.5) is 5.69 Å². The van der Waals surface area contributed by atoms with Crippen molar-refractivity contribution in [3.8, 4) is 0 Å². The number of rotatable bonds is 6. The molecule has 3 rings (SSSR count). The van der Waals surface area contributed by atoms with Gasteiger partial charge in [-0.05, 0) is 35.7 Å². The second-order valence-electron chi connectivity index (χ2n) is 5.77. The average molecular weight is 390 g/mol. The van der Waals surface area contributed by atoms with Gasteiger partial charge in [0.05, 0.1) is 18.0 Å². The van der Waals surface area contributed by atoms with Gasteiger partial charge in [-0.15, -0.1) is 11.3 Å². The predicted octanol–water partition coefficient (Wildman–Crippen LogP) is 4.49. The highest BCUT2D eigenvalue weighted by Crippen LogP contribution is 2.26. The molecule has 134 valence electrons. The summed E-state index contributed by atoms with van der Waals surface area (Å²) in [5.74, 6) is -0.278. The first-order valence-corrected chi connectivity index (χ1v) is 9.07. The number of hydrogen-bond donors (Lipinski definition) is 0. The second kappa shape index (κ2) is 7.72. The molecule has 0 N–H and O–H groups in total.